The Morgan fingerprint density at radius 1 is 1.06 bits per heavy atom. The second-order valence-corrected chi connectivity index (χ2v) is 7.61. The van der Waals surface area contributed by atoms with E-state index in [0.29, 0.717) is 29.2 Å². The van der Waals surface area contributed by atoms with Crippen LogP contribution in [0, 0.1) is 0 Å². The van der Waals surface area contributed by atoms with E-state index in [-0.39, 0.29) is 17.2 Å². The molecule has 0 spiro atoms. The maximum atomic E-state index is 12.8. The third-order valence-electron chi connectivity index (χ3n) is 5.69. The fourth-order valence-corrected chi connectivity index (χ4v) is 4.10. The van der Waals surface area contributed by atoms with E-state index in [4.69, 9.17) is 0 Å². The number of fused-ring (bicyclic) bond motifs is 1. The van der Waals surface area contributed by atoms with Gasteiger partial charge in [-0.05, 0) is 43.2 Å². The van der Waals surface area contributed by atoms with E-state index < -0.39 is 0 Å². The molecule has 9 heteroatoms. The van der Waals surface area contributed by atoms with E-state index in [2.05, 4.69) is 25.0 Å². The van der Waals surface area contributed by atoms with E-state index in [0.717, 1.165) is 24.9 Å². The van der Waals surface area contributed by atoms with Gasteiger partial charge in [0.1, 0.15) is 0 Å². The molecule has 31 heavy (non-hydrogen) atoms. The molecule has 1 saturated heterocycles. The van der Waals surface area contributed by atoms with Gasteiger partial charge in [0, 0.05) is 43.8 Å². The van der Waals surface area contributed by atoms with Gasteiger partial charge in [-0.2, -0.15) is 10.1 Å². The minimum atomic E-state index is -0.160. The van der Waals surface area contributed by atoms with Gasteiger partial charge in [0.05, 0.1) is 23.7 Å². The van der Waals surface area contributed by atoms with Gasteiger partial charge in [-0.1, -0.05) is 0 Å². The lowest BCUT2D eigenvalue weighted by Gasteiger charge is -2.27. The van der Waals surface area contributed by atoms with Gasteiger partial charge >= 0.3 is 0 Å². The molecule has 0 aliphatic carbocycles. The van der Waals surface area contributed by atoms with Crippen LogP contribution < -0.4 is 16.0 Å². The largest absolute Gasteiger partial charge is 0.337 e. The summed E-state index contributed by atoms with van der Waals surface area (Å²) < 4.78 is 3.06. The summed E-state index contributed by atoms with van der Waals surface area (Å²) in [5.41, 5.74) is 1.75. The Kier molecular flexibility index (Phi) is 4.78. The molecule has 5 rings (SSSR count). The Morgan fingerprint density at radius 2 is 1.90 bits per heavy atom. The van der Waals surface area contributed by atoms with Gasteiger partial charge < -0.3 is 4.90 Å². The van der Waals surface area contributed by atoms with Crippen molar-refractivity contribution in [3.8, 4) is 11.3 Å². The summed E-state index contributed by atoms with van der Waals surface area (Å²) in [5.74, 6) is 0.567. The van der Waals surface area contributed by atoms with E-state index in [1.807, 2.05) is 12.1 Å². The Labute approximate surface area is 177 Å². The van der Waals surface area contributed by atoms with Crippen LogP contribution in [0.2, 0.25) is 0 Å². The number of hydrogen-bond acceptors (Lipinski definition) is 7. The number of rotatable bonds is 4. The van der Waals surface area contributed by atoms with Gasteiger partial charge in [-0.25, -0.2) is 9.67 Å². The van der Waals surface area contributed by atoms with E-state index in [9.17, 15) is 9.59 Å². The second kappa shape index (κ2) is 7.75. The zero-order valence-electron chi connectivity index (χ0n) is 17.0. The number of hydrogen-bond donors (Lipinski definition) is 0. The van der Waals surface area contributed by atoms with Gasteiger partial charge in [0.25, 0.3) is 11.1 Å². The van der Waals surface area contributed by atoms with Crippen LogP contribution in [0.1, 0.15) is 12.8 Å². The maximum absolute atomic E-state index is 12.8. The fraction of sp³-hybridized carbons (Fsp3) is 0.273. The molecule has 0 bridgehead atoms. The van der Waals surface area contributed by atoms with Gasteiger partial charge in [0.15, 0.2) is 5.65 Å². The van der Waals surface area contributed by atoms with Crippen LogP contribution in [0.15, 0.2) is 64.6 Å². The summed E-state index contributed by atoms with van der Waals surface area (Å²) in [6.07, 6.45) is 6.85. The topological polar surface area (TPSA) is 98.8 Å². The molecular weight excluding hydrogens is 394 g/mol. The van der Waals surface area contributed by atoms with Crippen LogP contribution in [-0.4, -0.2) is 41.9 Å². The molecule has 5 heterocycles. The minimum Gasteiger partial charge on any atom is -0.337 e. The van der Waals surface area contributed by atoms with Gasteiger partial charge in [0.2, 0.25) is 5.95 Å². The van der Waals surface area contributed by atoms with Crippen molar-refractivity contribution in [3.05, 3.63) is 75.7 Å². The van der Waals surface area contributed by atoms with Crippen LogP contribution in [0.3, 0.4) is 0 Å². The molecular formula is C22H21N7O2. The summed E-state index contributed by atoms with van der Waals surface area (Å²) in [6.45, 7) is 1.16. The molecule has 4 aromatic rings. The Balaban J connectivity index is 1.50. The first-order valence-electron chi connectivity index (χ1n) is 10.2. The molecule has 156 valence electrons. The molecule has 4 aromatic heterocycles. The van der Waals surface area contributed by atoms with Gasteiger partial charge in [-0.3, -0.25) is 19.1 Å². The molecule has 1 atom stereocenters. The summed E-state index contributed by atoms with van der Waals surface area (Å²) in [6, 6.07) is 10.4. The molecule has 0 aromatic carbocycles. The van der Waals surface area contributed by atoms with Crippen molar-refractivity contribution in [3.63, 3.8) is 0 Å². The molecule has 9 nitrogen and oxygen atoms in total. The van der Waals surface area contributed by atoms with Crippen molar-refractivity contribution in [1.29, 1.82) is 0 Å². The third kappa shape index (κ3) is 3.48. The Morgan fingerprint density at radius 3 is 2.74 bits per heavy atom. The van der Waals surface area contributed by atoms with Crippen molar-refractivity contribution in [2.24, 2.45) is 7.05 Å². The lowest BCUT2D eigenvalue weighted by molar-refractivity contribution is 0.483. The molecule has 0 amide bonds. The molecule has 0 radical (unpaired) electrons. The maximum Gasteiger partial charge on any atom is 0.266 e. The number of anilines is 1. The summed E-state index contributed by atoms with van der Waals surface area (Å²) in [5, 5.41) is 5.07. The summed E-state index contributed by atoms with van der Waals surface area (Å²) in [4.78, 5) is 40.4. The smallest absolute Gasteiger partial charge is 0.266 e. The predicted octanol–water partition coefficient (Wildman–Crippen LogP) is 1.62. The van der Waals surface area contributed by atoms with Crippen LogP contribution >= 0.6 is 0 Å². The molecule has 1 aliphatic rings. The number of aromatic nitrogens is 6. The second-order valence-electron chi connectivity index (χ2n) is 7.61. The van der Waals surface area contributed by atoms with Crippen molar-refractivity contribution in [2.75, 3.05) is 11.4 Å². The van der Waals surface area contributed by atoms with Crippen molar-refractivity contribution in [2.45, 2.75) is 25.4 Å². The fourth-order valence-electron chi connectivity index (χ4n) is 4.10. The van der Waals surface area contributed by atoms with E-state index in [1.54, 1.807) is 48.4 Å². The quantitative estimate of drug-likeness (QED) is 0.499. The molecule has 0 saturated carbocycles. The number of pyridine rings is 2. The predicted molar refractivity (Wildman–Crippen MR) is 117 cm³/mol. The first kappa shape index (κ1) is 19.1. The Hall–Kier alpha value is -3.88. The molecule has 0 N–H and O–H groups in total. The molecule has 1 aliphatic heterocycles. The van der Waals surface area contributed by atoms with Crippen molar-refractivity contribution >= 4 is 17.0 Å². The summed E-state index contributed by atoms with van der Waals surface area (Å²) >= 11 is 0. The van der Waals surface area contributed by atoms with Crippen molar-refractivity contribution in [1.82, 2.24) is 29.3 Å². The highest BCUT2D eigenvalue weighted by Crippen LogP contribution is 2.25. The molecule has 1 fully saturated rings. The van der Waals surface area contributed by atoms with Gasteiger partial charge in [-0.15, -0.1) is 0 Å². The van der Waals surface area contributed by atoms with Crippen LogP contribution in [0.4, 0.5) is 5.95 Å². The summed E-state index contributed by atoms with van der Waals surface area (Å²) in [7, 11) is 1.72. The van der Waals surface area contributed by atoms with E-state index in [1.165, 1.54) is 10.7 Å². The lowest BCUT2D eigenvalue weighted by atomic mass is 10.2. The first-order valence-corrected chi connectivity index (χ1v) is 10.2. The molecule has 1 unspecified atom stereocenters. The van der Waals surface area contributed by atoms with Crippen LogP contribution in [0.5, 0.6) is 0 Å². The lowest BCUT2D eigenvalue weighted by Crippen LogP contribution is -2.40. The zero-order valence-corrected chi connectivity index (χ0v) is 17.0. The SMILES string of the molecule is Cn1c(N2CCCC2Cn2nc(-c3ccncc3)ccc2=O)nc2ncccc2c1=O. The monoisotopic (exact) mass is 415 g/mol. The third-order valence-corrected chi connectivity index (χ3v) is 5.69. The average molecular weight is 415 g/mol. The van der Waals surface area contributed by atoms with E-state index >= 15 is 0 Å². The van der Waals surface area contributed by atoms with Crippen LogP contribution in [-0.2, 0) is 13.6 Å². The highest BCUT2D eigenvalue weighted by molar-refractivity contribution is 5.74. The average Bonchev–Trinajstić information content (AvgIpc) is 3.26. The Bertz CT molecular complexity index is 1360. The highest BCUT2D eigenvalue weighted by atomic mass is 16.1. The highest BCUT2D eigenvalue weighted by Gasteiger charge is 2.29. The first-order chi connectivity index (χ1) is 15.1. The standard InChI is InChI=1S/C22H21N7O2/c1-27-21(31)17-5-2-10-24-20(17)25-22(27)28-13-3-4-16(28)14-29-19(30)7-6-18(26-29)15-8-11-23-12-9-15/h2,5-12,16H,3-4,13-14H2,1H3. The number of nitrogens with zero attached hydrogens (tertiary/aromatic N) is 7. The van der Waals surface area contributed by atoms with Crippen LogP contribution in [0.25, 0.3) is 22.3 Å². The zero-order chi connectivity index (χ0) is 21.4. The minimum absolute atomic E-state index is 0.00264. The normalized spacial score (nSPS) is 16.2. The van der Waals surface area contributed by atoms with Crippen molar-refractivity contribution < 1.29 is 0 Å².